The summed E-state index contributed by atoms with van der Waals surface area (Å²) in [7, 11) is -2.05. The van der Waals surface area contributed by atoms with E-state index >= 15 is 0 Å². The molecule has 1 heterocycles. The zero-order chi connectivity index (χ0) is 18.2. The van der Waals surface area contributed by atoms with Gasteiger partial charge in [0.25, 0.3) is 0 Å². The Balaban J connectivity index is 2.54. The lowest BCUT2D eigenvalue weighted by Gasteiger charge is -2.35. The number of hydrogen-bond acceptors (Lipinski definition) is 6. The van der Waals surface area contributed by atoms with Gasteiger partial charge in [-0.05, 0) is 12.8 Å². The van der Waals surface area contributed by atoms with Crippen LogP contribution < -0.4 is 0 Å². The SMILES string of the molecule is COCCCCC(=O)N1CCOC(CN(CC(=O)O)S(C)(=O)=O)C1. The van der Waals surface area contributed by atoms with Crippen LogP contribution in [0.25, 0.3) is 0 Å². The molecule has 1 N–H and O–H groups in total. The summed E-state index contributed by atoms with van der Waals surface area (Å²) in [5, 5.41) is 8.84. The van der Waals surface area contributed by atoms with Crippen LogP contribution in [-0.4, -0.2) is 93.5 Å². The van der Waals surface area contributed by atoms with Crippen molar-refractivity contribution >= 4 is 21.9 Å². The van der Waals surface area contributed by atoms with Gasteiger partial charge in [-0.3, -0.25) is 9.59 Å². The number of ether oxygens (including phenoxy) is 2. The first-order chi connectivity index (χ1) is 11.2. The van der Waals surface area contributed by atoms with E-state index in [0.717, 1.165) is 23.4 Å². The molecule has 1 saturated heterocycles. The quantitative estimate of drug-likeness (QED) is 0.512. The Morgan fingerprint density at radius 3 is 2.67 bits per heavy atom. The van der Waals surface area contributed by atoms with Gasteiger partial charge < -0.3 is 19.5 Å². The van der Waals surface area contributed by atoms with E-state index in [1.807, 2.05) is 0 Å². The average molecular weight is 366 g/mol. The number of hydrogen-bond donors (Lipinski definition) is 1. The summed E-state index contributed by atoms with van der Waals surface area (Å²) in [6.07, 6.45) is 2.36. The minimum absolute atomic E-state index is 0.0106. The summed E-state index contributed by atoms with van der Waals surface area (Å²) in [5.74, 6) is -1.24. The number of carbonyl (C=O) groups excluding carboxylic acids is 1. The van der Waals surface area contributed by atoms with Crippen LogP contribution in [-0.2, 0) is 29.1 Å². The molecule has 24 heavy (non-hydrogen) atoms. The standard InChI is InChI=1S/C14H26N2O7S/c1-22-7-4-3-5-13(17)15-6-8-23-12(9-15)10-16(11-14(18)19)24(2,20)21/h12H,3-11H2,1-2H3,(H,18,19). The van der Waals surface area contributed by atoms with Crippen molar-refractivity contribution in [2.45, 2.75) is 25.4 Å². The molecule has 0 bridgehead atoms. The van der Waals surface area contributed by atoms with E-state index in [1.54, 1.807) is 12.0 Å². The second-order valence-electron chi connectivity index (χ2n) is 5.73. The smallest absolute Gasteiger partial charge is 0.318 e. The van der Waals surface area contributed by atoms with Crippen LogP contribution in [0.5, 0.6) is 0 Å². The molecular formula is C14H26N2O7S. The Morgan fingerprint density at radius 2 is 2.08 bits per heavy atom. The van der Waals surface area contributed by atoms with Gasteiger partial charge in [0.05, 0.1) is 19.0 Å². The van der Waals surface area contributed by atoms with Gasteiger partial charge in [-0.1, -0.05) is 0 Å². The predicted molar refractivity (Wildman–Crippen MR) is 86.1 cm³/mol. The summed E-state index contributed by atoms with van der Waals surface area (Å²) in [4.78, 5) is 24.6. The van der Waals surface area contributed by atoms with Crippen molar-refractivity contribution in [2.24, 2.45) is 0 Å². The maximum atomic E-state index is 12.2. The van der Waals surface area contributed by atoms with Gasteiger partial charge in [0.2, 0.25) is 15.9 Å². The first kappa shape index (κ1) is 20.8. The summed E-state index contributed by atoms with van der Waals surface area (Å²) in [6.45, 7) is 0.922. The van der Waals surface area contributed by atoms with Crippen molar-refractivity contribution in [2.75, 3.05) is 52.8 Å². The van der Waals surface area contributed by atoms with E-state index in [2.05, 4.69) is 0 Å². The number of amides is 1. The van der Waals surface area contributed by atoms with Crippen LogP contribution in [0.3, 0.4) is 0 Å². The molecule has 10 heteroatoms. The normalized spacial score (nSPS) is 18.8. The Bertz CT molecular complexity index is 523. The third-order valence-corrected chi connectivity index (χ3v) is 4.88. The minimum atomic E-state index is -3.66. The third-order valence-electron chi connectivity index (χ3n) is 3.67. The van der Waals surface area contributed by atoms with Crippen molar-refractivity contribution in [3.8, 4) is 0 Å². The Hall–Kier alpha value is -1.23. The van der Waals surface area contributed by atoms with Crippen molar-refractivity contribution in [1.29, 1.82) is 0 Å². The number of unbranched alkanes of at least 4 members (excludes halogenated alkanes) is 1. The molecule has 0 aliphatic carbocycles. The van der Waals surface area contributed by atoms with Gasteiger partial charge in [-0.25, -0.2) is 8.42 Å². The fraction of sp³-hybridized carbons (Fsp3) is 0.857. The van der Waals surface area contributed by atoms with E-state index in [1.165, 1.54) is 0 Å². The number of sulfonamides is 1. The lowest BCUT2D eigenvalue weighted by Crippen LogP contribution is -2.51. The molecule has 9 nitrogen and oxygen atoms in total. The van der Waals surface area contributed by atoms with Gasteiger partial charge in [0.1, 0.15) is 6.54 Å². The van der Waals surface area contributed by atoms with Crippen molar-refractivity contribution in [1.82, 2.24) is 9.21 Å². The largest absolute Gasteiger partial charge is 0.480 e. The summed E-state index contributed by atoms with van der Waals surface area (Å²) in [5.41, 5.74) is 0. The Morgan fingerprint density at radius 1 is 1.38 bits per heavy atom. The molecule has 1 amide bonds. The maximum Gasteiger partial charge on any atom is 0.318 e. The maximum absolute atomic E-state index is 12.2. The van der Waals surface area contributed by atoms with Crippen molar-refractivity contribution < 1.29 is 32.6 Å². The number of nitrogens with zero attached hydrogens (tertiary/aromatic N) is 2. The number of carboxylic acids is 1. The molecule has 1 aliphatic rings. The molecule has 1 unspecified atom stereocenters. The van der Waals surface area contributed by atoms with Gasteiger partial charge in [0.15, 0.2) is 0 Å². The topological polar surface area (TPSA) is 113 Å². The molecule has 1 aliphatic heterocycles. The first-order valence-electron chi connectivity index (χ1n) is 7.79. The summed E-state index contributed by atoms with van der Waals surface area (Å²) in [6, 6.07) is 0. The second-order valence-corrected chi connectivity index (χ2v) is 7.71. The highest BCUT2D eigenvalue weighted by molar-refractivity contribution is 7.88. The highest BCUT2D eigenvalue weighted by atomic mass is 32.2. The van der Waals surface area contributed by atoms with Crippen LogP contribution in [0.15, 0.2) is 0 Å². The van der Waals surface area contributed by atoms with E-state index in [0.29, 0.717) is 26.2 Å². The molecule has 1 rings (SSSR count). The minimum Gasteiger partial charge on any atom is -0.480 e. The molecule has 0 aromatic carbocycles. The van der Waals surface area contributed by atoms with Gasteiger partial charge in [-0.2, -0.15) is 4.31 Å². The molecule has 0 saturated carbocycles. The average Bonchev–Trinajstić information content (AvgIpc) is 2.50. The molecule has 0 aromatic rings. The molecule has 1 fully saturated rings. The highest BCUT2D eigenvalue weighted by Crippen LogP contribution is 2.11. The molecule has 140 valence electrons. The lowest BCUT2D eigenvalue weighted by atomic mass is 10.2. The number of carbonyl (C=O) groups is 2. The zero-order valence-corrected chi connectivity index (χ0v) is 15.0. The Kier molecular flexibility index (Phi) is 8.60. The number of aliphatic carboxylic acids is 1. The first-order valence-corrected chi connectivity index (χ1v) is 9.64. The van der Waals surface area contributed by atoms with Gasteiger partial charge >= 0.3 is 5.97 Å². The number of morpholine rings is 1. The van der Waals surface area contributed by atoms with Crippen LogP contribution in [0.4, 0.5) is 0 Å². The fourth-order valence-electron chi connectivity index (χ4n) is 2.43. The molecule has 1 atom stereocenters. The predicted octanol–water partition coefficient (Wildman–Crippen LogP) is -0.623. The van der Waals surface area contributed by atoms with Crippen LogP contribution in [0.2, 0.25) is 0 Å². The van der Waals surface area contributed by atoms with Crippen LogP contribution >= 0.6 is 0 Å². The van der Waals surface area contributed by atoms with Crippen LogP contribution in [0.1, 0.15) is 19.3 Å². The summed E-state index contributed by atoms with van der Waals surface area (Å²) < 4.78 is 34.6. The summed E-state index contributed by atoms with van der Waals surface area (Å²) >= 11 is 0. The molecule has 0 spiro atoms. The third kappa shape index (κ3) is 7.56. The molecule has 0 radical (unpaired) electrons. The van der Waals surface area contributed by atoms with E-state index in [9.17, 15) is 18.0 Å². The number of rotatable bonds is 10. The van der Waals surface area contributed by atoms with Crippen molar-refractivity contribution in [3.63, 3.8) is 0 Å². The van der Waals surface area contributed by atoms with Gasteiger partial charge in [-0.15, -0.1) is 0 Å². The lowest BCUT2D eigenvalue weighted by molar-refractivity contribution is -0.141. The van der Waals surface area contributed by atoms with Crippen LogP contribution in [0, 0.1) is 0 Å². The van der Waals surface area contributed by atoms with E-state index in [4.69, 9.17) is 14.6 Å². The van der Waals surface area contributed by atoms with E-state index in [-0.39, 0.29) is 19.0 Å². The monoisotopic (exact) mass is 366 g/mol. The van der Waals surface area contributed by atoms with Gasteiger partial charge in [0, 0.05) is 39.8 Å². The van der Waals surface area contributed by atoms with Crippen molar-refractivity contribution in [3.05, 3.63) is 0 Å². The van der Waals surface area contributed by atoms with E-state index < -0.39 is 28.6 Å². The zero-order valence-electron chi connectivity index (χ0n) is 14.1. The number of carboxylic acid groups (broad SMARTS) is 1. The number of methoxy groups -OCH3 is 1. The highest BCUT2D eigenvalue weighted by Gasteiger charge is 2.29. The second kappa shape index (κ2) is 9.92. The fourth-order valence-corrected chi connectivity index (χ4v) is 3.21. The molecular weight excluding hydrogens is 340 g/mol. The Labute approximate surface area is 142 Å². The molecule has 0 aromatic heterocycles.